The predicted molar refractivity (Wildman–Crippen MR) is 97.7 cm³/mol. The molecule has 0 aliphatic rings. The van der Waals surface area contributed by atoms with Crippen LogP contribution in [-0.4, -0.2) is 107 Å². The molecule has 0 fully saturated rings. The van der Waals surface area contributed by atoms with E-state index >= 15 is 0 Å². The molecule has 59 valence electrons. The van der Waals surface area contributed by atoms with E-state index in [9.17, 15) is 0 Å². The Morgan fingerprint density at radius 1 is 0.647 bits per heavy atom. The van der Waals surface area contributed by atoms with Crippen molar-refractivity contribution in [3.05, 3.63) is 0 Å². The summed E-state index contributed by atoms with van der Waals surface area (Å²) in [5, 5.41) is 0. The van der Waals surface area contributed by atoms with Crippen LogP contribution in [0.4, 0.5) is 0 Å². The molecule has 0 aliphatic carbocycles. The molecule has 0 spiro atoms. The first-order valence-electron chi connectivity index (χ1n) is 5.67. The summed E-state index contributed by atoms with van der Waals surface area (Å²) < 4.78 is 0. The van der Waals surface area contributed by atoms with Crippen molar-refractivity contribution in [1.82, 2.24) is 0 Å². The molecule has 0 aromatic heterocycles. The van der Waals surface area contributed by atoms with Gasteiger partial charge in [-0.3, -0.25) is 0 Å². The van der Waals surface area contributed by atoms with Crippen molar-refractivity contribution in [1.29, 1.82) is 0 Å². The molecule has 0 saturated heterocycles. The lowest BCUT2D eigenvalue weighted by atomic mass is 8.46. The lowest BCUT2D eigenvalue weighted by molar-refractivity contribution is 1.50. The Morgan fingerprint density at radius 3 is 1.12 bits per heavy atom. The Kier molecular flexibility index (Phi) is 13.0. The van der Waals surface area contributed by atoms with E-state index in [1.165, 1.54) is 7.06 Å². The molecule has 17 radical (unpaired) electrons. The van der Waals surface area contributed by atoms with Gasteiger partial charge in [0, 0.05) is 107 Å². The molecule has 0 saturated carbocycles. The quantitative estimate of drug-likeness (QED) is 0.371. The second-order valence-corrected chi connectivity index (χ2v) is 3.66. The van der Waals surface area contributed by atoms with E-state index < -0.39 is 38.3 Å². The fourth-order valence-corrected chi connectivity index (χ4v) is 1.67. The highest BCUT2D eigenvalue weighted by Crippen LogP contribution is 1.98. The zero-order valence-corrected chi connectivity index (χ0v) is 10.7. The number of rotatable bonds is 6. The average Bonchev–Trinajstić information content (AvgIpc) is 2.25. The van der Waals surface area contributed by atoms with Crippen molar-refractivity contribution < 1.29 is 0 Å². The highest BCUT2D eigenvalue weighted by molar-refractivity contribution is 8.12. The smallest absolute Gasteiger partial charge is 0 e. The molecule has 17 heavy (non-hydrogen) atoms. The molecule has 0 aromatic rings. The molecule has 0 rings (SSSR count). The van der Waals surface area contributed by atoms with Gasteiger partial charge in [0.15, 0.2) is 0 Å². The minimum atomic E-state index is -0.754. The second kappa shape index (κ2) is 10.9. The van der Waals surface area contributed by atoms with Crippen LogP contribution in [-0.2, 0) is 0 Å². The summed E-state index contributed by atoms with van der Waals surface area (Å²) in [4.78, 5) is 0. The van der Waals surface area contributed by atoms with Gasteiger partial charge >= 0.3 is 0 Å². The van der Waals surface area contributed by atoms with Gasteiger partial charge in [-0.1, -0.05) is 13.8 Å². The van der Waals surface area contributed by atoms with Gasteiger partial charge < -0.3 is 0 Å². The van der Waals surface area contributed by atoms with E-state index in [0.717, 1.165) is 0 Å². The van der Waals surface area contributed by atoms with Crippen molar-refractivity contribution in [2.45, 2.75) is 13.8 Å². The Hall–Kier alpha value is 0.974. The van der Waals surface area contributed by atoms with E-state index in [0.29, 0.717) is 0 Å². The summed E-state index contributed by atoms with van der Waals surface area (Å²) in [7, 11) is 45.8. The van der Waals surface area contributed by atoms with Gasteiger partial charge in [-0.25, -0.2) is 0 Å². The zero-order valence-electron chi connectivity index (χ0n) is 10.7. The zero-order chi connectivity index (χ0) is 14.2. The maximum absolute atomic E-state index is 5.73. The molecular weight excluding hydrogens is 186 g/mol. The highest BCUT2D eigenvalue weighted by Gasteiger charge is 2.36. The van der Waals surface area contributed by atoms with E-state index in [1.54, 1.807) is 0 Å². The molecule has 15 heteroatoms. The summed E-state index contributed by atoms with van der Waals surface area (Å²) in [5.74, 6) is 0. The standard InChI is InChI=1S/C2H6.B15/c1-2;1-9-13(8)15(12(6)7)14(10(2)3)11(4)5/h1-2H3;. The SMILES string of the molecule is CC.[B][B]B([B])B(B([B])[B])B(B([B])[B])B([B])[B]. The first-order chi connectivity index (χ1) is 7.82. The number of hydrogen-bond donors (Lipinski definition) is 0. The maximum atomic E-state index is 5.73. The third-order valence-electron chi connectivity index (χ3n) is 2.44. The fourth-order valence-electron chi connectivity index (χ4n) is 1.67. The van der Waals surface area contributed by atoms with Gasteiger partial charge in [0.1, 0.15) is 0 Å². The lowest BCUT2D eigenvalue weighted by Crippen LogP contribution is -2.73. The third kappa shape index (κ3) is 7.21. The van der Waals surface area contributed by atoms with Gasteiger partial charge in [0.25, 0.3) is 0 Å². The van der Waals surface area contributed by atoms with E-state index in [2.05, 4.69) is 0 Å². The molecule has 0 N–H and O–H groups in total. The van der Waals surface area contributed by atoms with Crippen molar-refractivity contribution in [2.24, 2.45) is 0 Å². The van der Waals surface area contributed by atoms with Crippen LogP contribution < -0.4 is 0 Å². The Bertz CT molecular complexity index is 156. The summed E-state index contributed by atoms with van der Waals surface area (Å²) in [6.45, 7) is 4.00. The number of hydrogen-bond acceptors (Lipinski definition) is 0. The first-order valence-corrected chi connectivity index (χ1v) is 5.67. The Morgan fingerprint density at radius 2 is 0.941 bits per heavy atom. The summed E-state index contributed by atoms with van der Waals surface area (Å²) in [5.41, 5.74) is 0. The first kappa shape index (κ1) is 20.3. The molecule has 0 atom stereocenters. The Balaban J connectivity index is 0. The van der Waals surface area contributed by atoms with Crippen LogP contribution in [0, 0.1) is 0 Å². The molecule has 0 aromatic carbocycles. The average molecular weight is 192 g/mol. The summed E-state index contributed by atoms with van der Waals surface area (Å²) >= 11 is 0. The van der Waals surface area contributed by atoms with Crippen molar-refractivity contribution in [3.63, 3.8) is 0 Å². The normalized spacial score (nSPS) is 8.12. The van der Waals surface area contributed by atoms with Crippen molar-refractivity contribution in [3.8, 4) is 0 Å². The molecule has 0 bridgehead atoms. The van der Waals surface area contributed by atoms with E-state index in [-0.39, 0.29) is 0 Å². The summed E-state index contributed by atoms with van der Waals surface area (Å²) in [6.07, 6.45) is -3.77. The van der Waals surface area contributed by atoms with Crippen LogP contribution in [0.1, 0.15) is 13.8 Å². The van der Waals surface area contributed by atoms with Gasteiger partial charge in [0.05, 0.1) is 0 Å². The van der Waals surface area contributed by atoms with Crippen LogP contribution in [0.25, 0.3) is 0 Å². The predicted octanol–water partition coefficient (Wildman–Crippen LogP) is -4.69. The highest BCUT2D eigenvalue weighted by atomic mass is 13.2. The minimum Gasteiger partial charge on any atom is -0.0683 e. The monoisotopic (exact) mass is 195 g/mol. The molecule has 0 heterocycles. The lowest BCUT2D eigenvalue weighted by Gasteiger charge is -2.35. The summed E-state index contributed by atoms with van der Waals surface area (Å²) in [6, 6.07) is 0. The van der Waals surface area contributed by atoms with Crippen LogP contribution in [0.15, 0.2) is 0 Å². The van der Waals surface area contributed by atoms with Gasteiger partial charge in [-0.05, 0) is 0 Å². The minimum absolute atomic E-state index is 0.463. The maximum Gasteiger partial charge on any atom is 0 e. The third-order valence-corrected chi connectivity index (χ3v) is 2.44. The topological polar surface area (TPSA) is 0 Å². The second-order valence-electron chi connectivity index (χ2n) is 3.66. The van der Waals surface area contributed by atoms with Crippen LogP contribution in [0.2, 0.25) is 0 Å². The van der Waals surface area contributed by atoms with Crippen molar-refractivity contribution >= 4 is 107 Å². The van der Waals surface area contributed by atoms with E-state index in [4.69, 9.17) is 61.9 Å². The molecule has 0 unspecified atom stereocenters. The van der Waals surface area contributed by atoms with Crippen LogP contribution >= 0.6 is 0 Å². The van der Waals surface area contributed by atoms with Gasteiger partial charge in [0.2, 0.25) is 0 Å². The Labute approximate surface area is 121 Å². The van der Waals surface area contributed by atoms with E-state index in [1.807, 2.05) is 13.8 Å². The largest absolute Gasteiger partial charge is 0.0683 e. The molecular formula is C2H6B15. The fraction of sp³-hybridized carbons (Fsp3) is 1.00. The van der Waals surface area contributed by atoms with Crippen LogP contribution in [0.3, 0.4) is 0 Å². The molecule has 0 nitrogen and oxygen atoms in total. The van der Waals surface area contributed by atoms with Crippen molar-refractivity contribution in [2.75, 3.05) is 0 Å². The van der Waals surface area contributed by atoms with Crippen LogP contribution in [0.5, 0.6) is 0 Å². The van der Waals surface area contributed by atoms with Gasteiger partial charge in [-0.15, -0.1) is 0 Å². The molecule has 0 aliphatic heterocycles. The van der Waals surface area contributed by atoms with Gasteiger partial charge in [-0.2, -0.15) is 0 Å². The molecule has 0 amide bonds.